The van der Waals surface area contributed by atoms with Crippen LogP contribution in [0.4, 0.5) is 13.2 Å². The van der Waals surface area contributed by atoms with Gasteiger partial charge >= 0.3 is 0 Å². The number of halogens is 3. The predicted octanol–water partition coefficient (Wildman–Crippen LogP) is 4.57. The number of hydrogen-bond acceptors (Lipinski definition) is 0. The van der Waals surface area contributed by atoms with E-state index in [0.717, 1.165) is 31.2 Å². The number of benzene rings is 1. The van der Waals surface area contributed by atoms with Gasteiger partial charge in [0.25, 0.3) is 0 Å². The first-order chi connectivity index (χ1) is 8.58. The fraction of sp³-hybridized carbons (Fsp3) is 0.600. The third-order valence-corrected chi connectivity index (χ3v) is 4.71. The molecule has 1 fully saturated rings. The number of hydrogen-bond donors (Lipinski definition) is 0. The summed E-state index contributed by atoms with van der Waals surface area (Å²) in [6, 6.07) is 1.24. The molecule has 0 nitrogen and oxygen atoms in total. The van der Waals surface area contributed by atoms with Gasteiger partial charge in [0.1, 0.15) is 0 Å². The molecule has 2 aliphatic carbocycles. The van der Waals surface area contributed by atoms with E-state index >= 15 is 0 Å². The molecule has 0 heterocycles. The molecule has 3 atom stereocenters. The number of fused-ring (bicyclic) bond motifs is 3. The van der Waals surface area contributed by atoms with Gasteiger partial charge in [-0.3, -0.25) is 0 Å². The zero-order valence-electron chi connectivity index (χ0n) is 10.5. The highest BCUT2D eigenvalue weighted by Gasteiger charge is 2.36. The minimum Gasteiger partial charge on any atom is -0.204 e. The van der Waals surface area contributed by atoms with Crippen LogP contribution >= 0.6 is 0 Å². The highest BCUT2D eigenvalue weighted by molar-refractivity contribution is 5.36. The maximum Gasteiger partial charge on any atom is 0.194 e. The summed E-state index contributed by atoms with van der Waals surface area (Å²) in [5.74, 6) is -1.85. The molecule has 3 heteroatoms. The SMILES string of the molecule is CC1CCC2c3cc(F)c(F)c(F)c3CCC2C1. The Morgan fingerprint density at radius 1 is 1.06 bits per heavy atom. The lowest BCUT2D eigenvalue weighted by molar-refractivity contribution is 0.218. The Morgan fingerprint density at radius 2 is 1.83 bits per heavy atom. The van der Waals surface area contributed by atoms with Crippen molar-refractivity contribution in [2.75, 3.05) is 0 Å². The zero-order chi connectivity index (χ0) is 12.9. The lowest BCUT2D eigenvalue weighted by Crippen LogP contribution is -2.28. The summed E-state index contributed by atoms with van der Waals surface area (Å²) in [4.78, 5) is 0. The molecule has 3 rings (SSSR count). The zero-order valence-corrected chi connectivity index (χ0v) is 10.5. The van der Waals surface area contributed by atoms with Gasteiger partial charge in [-0.2, -0.15) is 0 Å². The van der Waals surface area contributed by atoms with E-state index < -0.39 is 17.5 Å². The number of rotatable bonds is 0. The topological polar surface area (TPSA) is 0 Å². The van der Waals surface area contributed by atoms with Gasteiger partial charge in [0.05, 0.1) is 0 Å². The molecule has 0 aliphatic heterocycles. The molecule has 0 aromatic heterocycles. The standard InChI is InChI=1S/C15H17F3/c1-8-2-4-10-9(6-8)3-5-11-12(10)7-13(16)15(18)14(11)17/h7-10H,2-6H2,1H3. The molecule has 0 saturated heterocycles. The van der Waals surface area contributed by atoms with Gasteiger partial charge in [0, 0.05) is 0 Å². The van der Waals surface area contributed by atoms with Gasteiger partial charge in [-0.05, 0) is 60.6 Å². The summed E-state index contributed by atoms with van der Waals surface area (Å²) in [5, 5.41) is 0. The van der Waals surface area contributed by atoms with Crippen molar-refractivity contribution in [1.29, 1.82) is 0 Å². The molecular weight excluding hydrogens is 237 g/mol. The van der Waals surface area contributed by atoms with Gasteiger partial charge in [0.2, 0.25) is 0 Å². The monoisotopic (exact) mass is 254 g/mol. The Balaban J connectivity index is 2.05. The Labute approximate surface area is 105 Å². The molecular formula is C15H17F3. The van der Waals surface area contributed by atoms with E-state index in [0.29, 0.717) is 23.8 Å². The Bertz CT molecular complexity index is 481. The van der Waals surface area contributed by atoms with Crippen molar-refractivity contribution in [2.24, 2.45) is 11.8 Å². The van der Waals surface area contributed by atoms with Crippen LogP contribution in [-0.4, -0.2) is 0 Å². The van der Waals surface area contributed by atoms with Crippen LogP contribution in [0.1, 0.15) is 49.7 Å². The van der Waals surface area contributed by atoms with Crippen molar-refractivity contribution in [3.8, 4) is 0 Å². The Morgan fingerprint density at radius 3 is 2.61 bits per heavy atom. The maximum atomic E-state index is 13.8. The molecule has 0 radical (unpaired) electrons. The van der Waals surface area contributed by atoms with Crippen LogP contribution in [0.15, 0.2) is 6.07 Å². The van der Waals surface area contributed by atoms with Gasteiger partial charge in [-0.1, -0.05) is 13.3 Å². The fourth-order valence-corrected chi connectivity index (χ4v) is 3.79. The van der Waals surface area contributed by atoms with Crippen molar-refractivity contribution >= 4 is 0 Å². The minimum absolute atomic E-state index is 0.231. The van der Waals surface area contributed by atoms with E-state index in [9.17, 15) is 13.2 Å². The molecule has 0 spiro atoms. The summed E-state index contributed by atoms with van der Waals surface area (Å²) in [5.41, 5.74) is 1.15. The highest BCUT2D eigenvalue weighted by Crippen LogP contribution is 2.47. The van der Waals surface area contributed by atoms with Crippen molar-refractivity contribution in [2.45, 2.75) is 44.9 Å². The molecule has 18 heavy (non-hydrogen) atoms. The highest BCUT2D eigenvalue weighted by atomic mass is 19.2. The second kappa shape index (κ2) is 4.29. The Kier molecular flexibility index (Phi) is 2.87. The van der Waals surface area contributed by atoms with E-state index in [1.165, 1.54) is 6.07 Å². The average molecular weight is 254 g/mol. The molecule has 0 amide bonds. The average Bonchev–Trinajstić information content (AvgIpc) is 2.35. The van der Waals surface area contributed by atoms with Crippen LogP contribution in [-0.2, 0) is 6.42 Å². The first-order valence-electron chi connectivity index (χ1n) is 6.74. The first kappa shape index (κ1) is 12.1. The van der Waals surface area contributed by atoms with Crippen LogP contribution < -0.4 is 0 Å². The quantitative estimate of drug-likeness (QED) is 0.595. The molecule has 1 aromatic rings. The second-order valence-corrected chi connectivity index (χ2v) is 5.88. The summed E-state index contributed by atoms with van der Waals surface area (Å²) in [7, 11) is 0. The smallest absolute Gasteiger partial charge is 0.194 e. The molecule has 3 unspecified atom stereocenters. The molecule has 98 valence electrons. The normalized spacial score (nSPS) is 30.8. The molecule has 1 aromatic carbocycles. The third kappa shape index (κ3) is 1.75. The van der Waals surface area contributed by atoms with E-state index in [-0.39, 0.29) is 5.92 Å². The van der Waals surface area contributed by atoms with Crippen molar-refractivity contribution in [1.82, 2.24) is 0 Å². The van der Waals surface area contributed by atoms with Gasteiger partial charge in [0.15, 0.2) is 17.5 Å². The largest absolute Gasteiger partial charge is 0.204 e. The second-order valence-electron chi connectivity index (χ2n) is 5.88. The van der Waals surface area contributed by atoms with E-state index in [1.54, 1.807) is 0 Å². The predicted molar refractivity (Wildman–Crippen MR) is 63.9 cm³/mol. The summed E-state index contributed by atoms with van der Waals surface area (Å²) >= 11 is 0. The van der Waals surface area contributed by atoms with E-state index in [1.807, 2.05) is 0 Å². The van der Waals surface area contributed by atoms with Gasteiger partial charge < -0.3 is 0 Å². The molecule has 0 bridgehead atoms. The van der Waals surface area contributed by atoms with E-state index in [2.05, 4.69) is 6.92 Å². The fourth-order valence-electron chi connectivity index (χ4n) is 3.79. The van der Waals surface area contributed by atoms with Gasteiger partial charge in [-0.25, -0.2) is 13.2 Å². The molecule has 1 saturated carbocycles. The maximum absolute atomic E-state index is 13.8. The van der Waals surface area contributed by atoms with E-state index in [4.69, 9.17) is 0 Å². The molecule has 0 N–H and O–H groups in total. The van der Waals surface area contributed by atoms with Crippen LogP contribution in [0.5, 0.6) is 0 Å². The molecule has 2 aliphatic rings. The van der Waals surface area contributed by atoms with Crippen LogP contribution in [0, 0.1) is 29.3 Å². The van der Waals surface area contributed by atoms with Crippen LogP contribution in [0.25, 0.3) is 0 Å². The van der Waals surface area contributed by atoms with Crippen molar-refractivity contribution in [3.05, 3.63) is 34.6 Å². The van der Waals surface area contributed by atoms with Crippen molar-refractivity contribution in [3.63, 3.8) is 0 Å². The lowest BCUT2D eigenvalue weighted by atomic mass is 9.65. The van der Waals surface area contributed by atoms with Crippen LogP contribution in [0.2, 0.25) is 0 Å². The summed E-state index contributed by atoms with van der Waals surface area (Å²) in [6.45, 7) is 2.23. The summed E-state index contributed by atoms with van der Waals surface area (Å²) in [6.07, 6.45) is 4.66. The van der Waals surface area contributed by atoms with Crippen molar-refractivity contribution < 1.29 is 13.2 Å². The first-order valence-corrected chi connectivity index (χ1v) is 6.74. The van der Waals surface area contributed by atoms with Gasteiger partial charge in [-0.15, -0.1) is 0 Å². The lowest BCUT2D eigenvalue weighted by Gasteiger charge is -2.39. The minimum atomic E-state index is -1.31. The van der Waals surface area contributed by atoms with Crippen LogP contribution in [0.3, 0.4) is 0 Å². The third-order valence-electron chi connectivity index (χ3n) is 4.71. The summed E-state index contributed by atoms with van der Waals surface area (Å²) < 4.78 is 40.4. The Hall–Kier alpha value is -0.990.